The zero-order valence-corrected chi connectivity index (χ0v) is 12.3. The third-order valence-corrected chi connectivity index (χ3v) is 3.48. The van der Waals surface area contributed by atoms with Crippen molar-refractivity contribution in [2.75, 3.05) is 6.61 Å². The molecule has 106 valence electrons. The summed E-state index contributed by atoms with van der Waals surface area (Å²) in [5, 5.41) is 0. The predicted molar refractivity (Wildman–Crippen MR) is 84.0 cm³/mol. The lowest BCUT2D eigenvalue weighted by Gasteiger charge is -2.13. The molecule has 1 atom stereocenters. The number of hydrogen-bond donors (Lipinski definition) is 1. The third kappa shape index (κ3) is 4.10. The summed E-state index contributed by atoms with van der Waals surface area (Å²) in [5.74, 6) is 0.905. The minimum Gasteiger partial charge on any atom is -0.494 e. The first-order chi connectivity index (χ1) is 9.69. The molecule has 2 heteroatoms. The van der Waals surface area contributed by atoms with Crippen LogP contribution in [0.4, 0.5) is 0 Å². The average molecular weight is 269 g/mol. The van der Waals surface area contributed by atoms with E-state index in [0.717, 1.165) is 18.6 Å². The molecule has 0 amide bonds. The molecule has 2 rings (SSSR count). The number of benzene rings is 2. The summed E-state index contributed by atoms with van der Waals surface area (Å²) in [7, 11) is 0. The Labute approximate surface area is 121 Å². The van der Waals surface area contributed by atoms with Crippen LogP contribution in [0.5, 0.6) is 5.75 Å². The van der Waals surface area contributed by atoms with E-state index in [9.17, 15) is 0 Å². The topological polar surface area (TPSA) is 35.2 Å². The Bertz CT molecular complexity index is 516. The first kappa shape index (κ1) is 14.6. The number of rotatable bonds is 6. The van der Waals surface area contributed by atoms with E-state index >= 15 is 0 Å². The van der Waals surface area contributed by atoms with Crippen LogP contribution in [0, 0.1) is 6.92 Å². The Hall–Kier alpha value is -1.80. The molecule has 2 N–H and O–H groups in total. The summed E-state index contributed by atoms with van der Waals surface area (Å²) in [6.07, 6.45) is 1.96. The molecule has 2 aromatic rings. The normalized spacial score (nSPS) is 12.2. The lowest BCUT2D eigenvalue weighted by atomic mass is 9.99. The molecule has 2 nitrogen and oxygen atoms in total. The van der Waals surface area contributed by atoms with Gasteiger partial charge in [0.05, 0.1) is 6.61 Å². The highest BCUT2D eigenvalue weighted by Crippen LogP contribution is 2.20. The van der Waals surface area contributed by atoms with Gasteiger partial charge in [0.25, 0.3) is 0 Å². The van der Waals surface area contributed by atoms with Gasteiger partial charge < -0.3 is 10.5 Å². The van der Waals surface area contributed by atoms with Crippen molar-refractivity contribution in [2.45, 2.75) is 32.7 Å². The summed E-state index contributed by atoms with van der Waals surface area (Å²) < 4.78 is 5.44. The van der Waals surface area contributed by atoms with Crippen molar-refractivity contribution in [3.8, 4) is 5.75 Å². The Kier molecular flexibility index (Phi) is 5.19. The second-order valence-corrected chi connectivity index (χ2v) is 5.13. The van der Waals surface area contributed by atoms with Crippen molar-refractivity contribution in [1.29, 1.82) is 0 Å². The summed E-state index contributed by atoms with van der Waals surface area (Å²) in [4.78, 5) is 0. The number of hydrogen-bond acceptors (Lipinski definition) is 2. The highest BCUT2D eigenvalue weighted by atomic mass is 16.5. The maximum atomic E-state index is 6.26. The maximum Gasteiger partial charge on any atom is 0.119 e. The molecule has 0 radical (unpaired) electrons. The van der Waals surface area contributed by atoms with Gasteiger partial charge in [-0.05, 0) is 49.9 Å². The van der Waals surface area contributed by atoms with Crippen LogP contribution in [0.2, 0.25) is 0 Å². The van der Waals surface area contributed by atoms with Gasteiger partial charge in [-0.25, -0.2) is 0 Å². The molecule has 1 unspecified atom stereocenters. The van der Waals surface area contributed by atoms with E-state index in [4.69, 9.17) is 10.5 Å². The number of aryl methyl sites for hydroxylation is 2. The fourth-order valence-corrected chi connectivity index (χ4v) is 2.22. The standard InChI is InChI=1S/C18H23NO/c1-3-20-17-11-9-16(10-12-17)18(19)13-8-15-6-4-14(2)5-7-15/h4-7,9-12,18H,3,8,13,19H2,1-2H3. The van der Waals surface area contributed by atoms with E-state index in [0.29, 0.717) is 6.61 Å². The molecule has 0 aromatic heterocycles. The molecule has 20 heavy (non-hydrogen) atoms. The van der Waals surface area contributed by atoms with E-state index in [-0.39, 0.29) is 6.04 Å². The molecule has 0 aliphatic rings. The zero-order chi connectivity index (χ0) is 14.4. The Morgan fingerprint density at radius 1 is 1.00 bits per heavy atom. The van der Waals surface area contributed by atoms with E-state index in [2.05, 4.69) is 43.3 Å². The average Bonchev–Trinajstić information content (AvgIpc) is 2.47. The van der Waals surface area contributed by atoms with Crippen molar-refractivity contribution in [3.63, 3.8) is 0 Å². The van der Waals surface area contributed by atoms with Gasteiger partial charge in [0.2, 0.25) is 0 Å². The molecule has 0 aliphatic carbocycles. The van der Waals surface area contributed by atoms with Gasteiger partial charge in [-0.15, -0.1) is 0 Å². The van der Waals surface area contributed by atoms with Crippen molar-refractivity contribution in [3.05, 3.63) is 65.2 Å². The fraction of sp³-hybridized carbons (Fsp3) is 0.333. The Morgan fingerprint density at radius 2 is 1.65 bits per heavy atom. The molecule has 2 aromatic carbocycles. The minimum absolute atomic E-state index is 0.0759. The van der Waals surface area contributed by atoms with Gasteiger partial charge in [0.1, 0.15) is 5.75 Å². The van der Waals surface area contributed by atoms with E-state index < -0.39 is 0 Å². The molecule has 0 saturated carbocycles. The zero-order valence-electron chi connectivity index (χ0n) is 12.3. The van der Waals surface area contributed by atoms with Gasteiger partial charge in [0, 0.05) is 6.04 Å². The van der Waals surface area contributed by atoms with Gasteiger partial charge in [-0.2, -0.15) is 0 Å². The SMILES string of the molecule is CCOc1ccc(C(N)CCc2ccc(C)cc2)cc1. The van der Waals surface area contributed by atoms with Gasteiger partial charge in [0.15, 0.2) is 0 Å². The monoisotopic (exact) mass is 269 g/mol. The molecule has 0 fully saturated rings. The molecular formula is C18H23NO. The molecule has 0 bridgehead atoms. The second kappa shape index (κ2) is 7.11. The van der Waals surface area contributed by atoms with Crippen LogP contribution in [-0.4, -0.2) is 6.61 Å². The van der Waals surface area contributed by atoms with Crippen molar-refractivity contribution < 1.29 is 4.74 Å². The molecule has 0 saturated heterocycles. The highest BCUT2D eigenvalue weighted by molar-refractivity contribution is 5.29. The highest BCUT2D eigenvalue weighted by Gasteiger charge is 2.06. The van der Waals surface area contributed by atoms with Crippen LogP contribution in [0.1, 0.15) is 36.1 Å². The van der Waals surface area contributed by atoms with Gasteiger partial charge in [-0.1, -0.05) is 42.0 Å². The lowest BCUT2D eigenvalue weighted by Crippen LogP contribution is -2.11. The molecular weight excluding hydrogens is 246 g/mol. The van der Waals surface area contributed by atoms with Crippen LogP contribution >= 0.6 is 0 Å². The molecule has 0 heterocycles. The third-order valence-electron chi connectivity index (χ3n) is 3.48. The summed E-state index contributed by atoms with van der Waals surface area (Å²) in [5.41, 5.74) is 10.1. The van der Waals surface area contributed by atoms with Gasteiger partial charge >= 0.3 is 0 Å². The van der Waals surface area contributed by atoms with Crippen LogP contribution in [0.3, 0.4) is 0 Å². The smallest absolute Gasteiger partial charge is 0.119 e. The minimum atomic E-state index is 0.0759. The second-order valence-electron chi connectivity index (χ2n) is 5.13. The van der Waals surface area contributed by atoms with Gasteiger partial charge in [-0.3, -0.25) is 0 Å². The number of nitrogens with two attached hydrogens (primary N) is 1. The van der Waals surface area contributed by atoms with E-state index in [1.54, 1.807) is 0 Å². The van der Waals surface area contributed by atoms with E-state index in [1.165, 1.54) is 16.7 Å². The summed E-state index contributed by atoms with van der Waals surface area (Å²) in [6.45, 7) is 4.79. The summed E-state index contributed by atoms with van der Waals surface area (Å²) >= 11 is 0. The van der Waals surface area contributed by atoms with Crippen LogP contribution in [-0.2, 0) is 6.42 Å². The summed E-state index contributed by atoms with van der Waals surface area (Å²) in [6, 6.07) is 16.8. The Morgan fingerprint density at radius 3 is 2.25 bits per heavy atom. The quantitative estimate of drug-likeness (QED) is 0.859. The first-order valence-corrected chi connectivity index (χ1v) is 7.23. The maximum absolute atomic E-state index is 6.26. The van der Waals surface area contributed by atoms with Crippen LogP contribution < -0.4 is 10.5 Å². The van der Waals surface area contributed by atoms with Crippen molar-refractivity contribution >= 4 is 0 Å². The molecule has 0 spiro atoms. The first-order valence-electron chi connectivity index (χ1n) is 7.23. The predicted octanol–water partition coefficient (Wildman–Crippen LogP) is 4.03. The van der Waals surface area contributed by atoms with E-state index in [1.807, 2.05) is 19.1 Å². The lowest BCUT2D eigenvalue weighted by molar-refractivity contribution is 0.340. The van der Waals surface area contributed by atoms with Crippen LogP contribution in [0.25, 0.3) is 0 Å². The Balaban J connectivity index is 1.90. The fourth-order valence-electron chi connectivity index (χ4n) is 2.22. The van der Waals surface area contributed by atoms with Crippen molar-refractivity contribution in [1.82, 2.24) is 0 Å². The number of ether oxygens (including phenoxy) is 1. The van der Waals surface area contributed by atoms with Crippen molar-refractivity contribution in [2.24, 2.45) is 5.73 Å². The largest absolute Gasteiger partial charge is 0.494 e. The van der Waals surface area contributed by atoms with Crippen LogP contribution in [0.15, 0.2) is 48.5 Å². The molecule has 0 aliphatic heterocycles.